The van der Waals surface area contributed by atoms with Crippen LogP contribution in [0.3, 0.4) is 0 Å². The molecule has 4 aliphatic rings. The van der Waals surface area contributed by atoms with Crippen molar-refractivity contribution in [3.05, 3.63) is 29.6 Å². The van der Waals surface area contributed by atoms with Gasteiger partial charge in [-0.25, -0.2) is 13.8 Å². The summed E-state index contributed by atoms with van der Waals surface area (Å²) in [5.74, 6) is 0.749. The Hall–Kier alpha value is -2.27. The van der Waals surface area contributed by atoms with Gasteiger partial charge in [-0.1, -0.05) is 0 Å². The van der Waals surface area contributed by atoms with Gasteiger partial charge in [-0.2, -0.15) is 18.3 Å². The summed E-state index contributed by atoms with van der Waals surface area (Å²) in [6, 6.07) is 3.09. The number of alkyl halides is 5. The topological polar surface area (TPSA) is 69.2 Å². The second kappa shape index (κ2) is 7.11. The van der Waals surface area contributed by atoms with E-state index in [1.54, 1.807) is 6.07 Å². The molecule has 6 nitrogen and oxygen atoms in total. The SMILES string of the molecule is Nc1ncc(-c2cc([C@]34CC5[C@H](N6CCOCC6)C[C@H]3[C@@H]54)n(CC(F)F)n2)cc1C(F)(F)F. The molecule has 3 heterocycles. The van der Waals surface area contributed by atoms with Crippen molar-refractivity contribution in [2.45, 2.75) is 43.4 Å². The summed E-state index contributed by atoms with van der Waals surface area (Å²) < 4.78 is 73.3. The molecule has 11 heteroatoms. The van der Waals surface area contributed by atoms with Crippen molar-refractivity contribution in [2.75, 3.05) is 32.0 Å². The molecule has 178 valence electrons. The van der Waals surface area contributed by atoms with Crippen LogP contribution in [0.25, 0.3) is 11.3 Å². The minimum atomic E-state index is -4.66. The fourth-order valence-electron chi connectivity index (χ4n) is 6.88. The molecule has 3 aliphatic carbocycles. The van der Waals surface area contributed by atoms with E-state index < -0.39 is 30.5 Å². The molecule has 0 bridgehead atoms. The molecule has 2 aromatic heterocycles. The maximum Gasteiger partial charge on any atom is 0.419 e. The van der Waals surface area contributed by atoms with E-state index in [-0.39, 0.29) is 16.7 Å². The molecule has 1 aliphatic heterocycles. The summed E-state index contributed by atoms with van der Waals surface area (Å²) in [5, 5.41) is 4.30. The van der Waals surface area contributed by atoms with Crippen molar-refractivity contribution in [1.82, 2.24) is 19.7 Å². The van der Waals surface area contributed by atoms with Gasteiger partial charge in [0.1, 0.15) is 12.4 Å². The minimum Gasteiger partial charge on any atom is -0.383 e. The molecule has 3 saturated carbocycles. The van der Waals surface area contributed by atoms with Crippen molar-refractivity contribution < 1.29 is 26.7 Å². The van der Waals surface area contributed by atoms with Crippen LogP contribution in [0.1, 0.15) is 24.1 Å². The molecule has 6 rings (SSSR count). The average Bonchev–Trinajstić information content (AvgIpc) is 3.04. The summed E-state index contributed by atoms with van der Waals surface area (Å²) in [6.45, 7) is 2.75. The third-order valence-corrected chi connectivity index (χ3v) is 8.21. The highest BCUT2D eigenvalue weighted by Crippen LogP contribution is 2.82. The first kappa shape index (κ1) is 21.3. The van der Waals surface area contributed by atoms with Crippen LogP contribution in [0.5, 0.6) is 0 Å². The van der Waals surface area contributed by atoms with E-state index in [0.29, 0.717) is 23.8 Å². The molecule has 4 fully saturated rings. The quantitative estimate of drug-likeness (QED) is 0.680. The monoisotopic (exact) mass is 469 g/mol. The first-order valence-corrected chi connectivity index (χ1v) is 11.2. The number of nitrogen functional groups attached to an aromatic ring is 1. The highest BCUT2D eigenvalue weighted by molar-refractivity contribution is 5.64. The Morgan fingerprint density at radius 3 is 2.58 bits per heavy atom. The summed E-state index contributed by atoms with van der Waals surface area (Å²) in [6.07, 6.45) is -4.13. The van der Waals surface area contributed by atoms with Gasteiger partial charge in [-0.05, 0) is 42.7 Å². The second-order valence-corrected chi connectivity index (χ2v) is 9.63. The first-order valence-electron chi connectivity index (χ1n) is 11.2. The number of halogens is 5. The normalized spacial score (nSPS) is 33.3. The Morgan fingerprint density at radius 1 is 1.21 bits per heavy atom. The summed E-state index contributed by atoms with van der Waals surface area (Å²) >= 11 is 0. The molecule has 2 aromatic rings. The molecule has 0 spiro atoms. The third kappa shape index (κ3) is 3.11. The van der Waals surface area contributed by atoms with Gasteiger partial charge >= 0.3 is 6.18 Å². The van der Waals surface area contributed by atoms with E-state index in [1.807, 2.05) is 0 Å². The van der Waals surface area contributed by atoms with Crippen LogP contribution in [0.15, 0.2) is 18.3 Å². The number of nitrogens with two attached hydrogens (primary N) is 1. The zero-order valence-electron chi connectivity index (χ0n) is 17.7. The molecule has 0 amide bonds. The molecular weight excluding hydrogens is 445 g/mol. The fraction of sp³-hybridized carbons (Fsp3) is 0.636. The van der Waals surface area contributed by atoms with Gasteiger partial charge in [-0.3, -0.25) is 9.58 Å². The van der Waals surface area contributed by atoms with Crippen molar-refractivity contribution >= 4 is 5.82 Å². The van der Waals surface area contributed by atoms with E-state index in [9.17, 15) is 22.0 Å². The van der Waals surface area contributed by atoms with Crippen LogP contribution in [0.2, 0.25) is 0 Å². The molecule has 1 unspecified atom stereocenters. The van der Waals surface area contributed by atoms with Gasteiger partial charge in [0.2, 0.25) is 0 Å². The Kier molecular flexibility index (Phi) is 4.59. The number of hydrogen-bond acceptors (Lipinski definition) is 5. The molecule has 0 radical (unpaired) electrons. The number of rotatable bonds is 5. The standard InChI is InChI=1S/C22H24F5N5O/c23-18(24)10-32-17(7-15(30-32)11-5-14(22(25,26)27)20(28)29-9-11)21-8-12-16(6-13(21)19(12)21)31-1-3-33-4-2-31/h5,7,9,12-13,16,18-19H,1-4,6,8,10H2,(H2,28,29)/t12?,13-,16+,19+,21-/m0/s1. The predicted molar refractivity (Wildman–Crippen MR) is 108 cm³/mol. The predicted octanol–water partition coefficient (Wildman–Crippen LogP) is 3.42. The van der Waals surface area contributed by atoms with Crippen LogP contribution in [-0.2, 0) is 22.9 Å². The number of nitrogens with zero attached hydrogens (tertiary/aromatic N) is 4. The van der Waals surface area contributed by atoms with E-state index in [0.717, 1.165) is 50.9 Å². The van der Waals surface area contributed by atoms with Crippen LogP contribution in [-0.4, -0.2) is 58.4 Å². The van der Waals surface area contributed by atoms with Crippen LogP contribution < -0.4 is 5.73 Å². The largest absolute Gasteiger partial charge is 0.419 e. The maximum absolute atomic E-state index is 13.3. The van der Waals surface area contributed by atoms with Gasteiger partial charge < -0.3 is 10.5 Å². The first-order chi connectivity index (χ1) is 15.7. The van der Waals surface area contributed by atoms with Gasteiger partial charge in [0.05, 0.1) is 24.5 Å². The minimum absolute atomic E-state index is 0.120. The number of hydrogen-bond donors (Lipinski definition) is 1. The Labute approximate surface area is 186 Å². The lowest BCUT2D eigenvalue weighted by Gasteiger charge is -2.46. The van der Waals surface area contributed by atoms with Crippen molar-refractivity contribution in [3.63, 3.8) is 0 Å². The van der Waals surface area contributed by atoms with E-state index in [4.69, 9.17) is 10.5 Å². The third-order valence-electron chi connectivity index (χ3n) is 8.21. The van der Waals surface area contributed by atoms with Gasteiger partial charge in [0.15, 0.2) is 0 Å². The molecule has 5 atom stereocenters. The lowest BCUT2D eigenvalue weighted by Crippen LogP contribution is -2.52. The van der Waals surface area contributed by atoms with Crippen LogP contribution >= 0.6 is 0 Å². The molecule has 0 aromatic carbocycles. The van der Waals surface area contributed by atoms with Gasteiger partial charge in [0.25, 0.3) is 6.43 Å². The number of ether oxygens (including phenoxy) is 1. The molecular formula is C22H24F5N5O. The van der Waals surface area contributed by atoms with Crippen molar-refractivity contribution in [3.8, 4) is 11.3 Å². The second-order valence-electron chi connectivity index (χ2n) is 9.63. The van der Waals surface area contributed by atoms with Crippen LogP contribution in [0.4, 0.5) is 27.8 Å². The number of fused-ring (bicyclic) bond motifs is 1. The number of pyridine rings is 1. The lowest BCUT2D eigenvalue weighted by atomic mass is 9.66. The lowest BCUT2D eigenvalue weighted by molar-refractivity contribution is -0.137. The Bertz CT molecular complexity index is 1080. The Balaban J connectivity index is 1.31. The summed E-state index contributed by atoms with van der Waals surface area (Å²) in [5.41, 5.74) is 5.23. The van der Waals surface area contributed by atoms with E-state index in [2.05, 4.69) is 15.0 Å². The maximum atomic E-state index is 13.3. The highest BCUT2D eigenvalue weighted by Gasteiger charge is 2.82. The summed E-state index contributed by atoms with van der Waals surface area (Å²) in [4.78, 5) is 6.16. The van der Waals surface area contributed by atoms with Crippen LogP contribution in [0, 0.1) is 17.8 Å². The Morgan fingerprint density at radius 2 is 1.97 bits per heavy atom. The fourth-order valence-corrected chi connectivity index (χ4v) is 6.88. The number of morpholine rings is 1. The number of aromatic nitrogens is 3. The van der Waals surface area contributed by atoms with E-state index in [1.165, 1.54) is 10.9 Å². The van der Waals surface area contributed by atoms with Crippen molar-refractivity contribution in [2.24, 2.45) is 17.8 Å². The molecule has 1 saturated heterocycles. The number of anilines is 1. The smallest absolute Gasteiger partial charge is 0.383 e. The summed E-state index contributed by atoms with van der Waals surface area (Å²) in [7, 11) is 0. The van der Waals surface area contributed by atoms with Crippen molar-refractivity contribution in [1.29, 1.82) is 0 Å². The van der Waals surface area contributed by atoms with E-state index >= 15 is 0 Å². The zero-order chi connectivity index (χ0) is 23.1. The average molecular weight is 469 g/mol. The van der Waals surface area contributed by atoms with Gasteiger partial charge in [0, 0.05) is 42.0 Å². The molecule has 33 heavy (non-hydrogen) atoms. The van der Waals surface area contributed by atoms with Gasteiger partial charge in [-0.15, -0.1) is 0 Å². The highest BCUT2D eigenvalue weighted by atomic mass is 19.4. The zero-order valence-corrected chi connectivity index (χ0v) is 17.7. The molecule has 2 N–H and O–H groups in total.